The van der Waals surface area contributed by atoms with Crippen molar-refractivity contribution < 1.29 is 17.9 Å². The molecule has 0 unspecified atom stereocenters. The van der Waals surface area contributed by atoms with Crippen molar-refractivity contribution in [2.24, 2.45) is 0 Å². The highest BCUT2D eigenvalue weighted by atomic mass is 32.2. The number of hydrogen-bond acceptors (Lipinski definition) is 7. The standard InChI is InChI=1S/C16H26N4O4S/c1-16(2,3)24-15(21)19(4)12-7-10-20(11-8-12)13-6-9-17-14(18-13)25(5,22)23/h6,9,12H,7-8,10-11H2,1-5H3. The van der Waals surface area contributed by atoms with Crippen LogP contribution in [0, 0.1) is 0 Å². The lowest BCUT2D eigenvalue weighted by molar-refractivity contribution is 0.0201. The number of ether oxygens (including phenoxy) is 1. The van der Waals surface area contributed by atoms with Gasteiger partial charge in [0.05, 0.1) is 0 Å². The number of amides is 1. The van der Waals surface area contributed by atoms with Gasteiger partial charge in [0, 0.05) is 38.6 Å². The van der Waals surface area contributed by atoms with Gasteiger partial charge < -0.3 is 14.5 Å². The van der Waals surface area contributed by atoms with Crippen molar-refractivity contribution >= 4 is 21.7 Å². The van der Waals surface area contributed by atoms with Crippen molar-refractivity contribution in [1.82, 2.24) is 14.9 Å². The van der Waals surface area contributed by atoms with Crippen LogP contribution in [0.15, 0.2) is 17.4 Å². The molecule has 2 heterocycles. The molecule has 9 heteroatoms. The van der Waals surface area contributed by atoms with Crippen LogP contribution in [-0.4, -0.2) is 67.4 Å². The largest absolute Gasteiger partial charge is 0.444 e. The van der Waals surface area contributed by atoms with Gasteiger partial charge in [-0.05, 0) is 39.7 Å². The zero-order valence-electron chi connectivity index (χ0n) is 15.4. The van der Waals surface area contributed by atoms with Gasteiger partial charge in [-0.15, -0.1) is 0 Å². The highest BCUT2D eigenvalue weighted by Crippen LogP contribution is 2.22. The van der Waals surface area contributed by atoms with Gasteiger partial charge in [-0.25, -0.2) is 23.2 Å². The van der Waals surface area contributed by atoms with E-state index in [0.717, 1.165) is 19.1 Å². The summed E-state index contributed by atoms with van der Waals surface area (Å²) < 4.78 is 28.6. The number of carbonyl (C=O) groups excluding carboxylic acids is 1. The second-order valence-electron chi connectivity index (χ2n) is 7.28. The van der Waals surface area contributed by atoms with Gasteiger partial charge in [0.15, 0.2) is 0 Å². The number of sulfone groups is 1. The predicted molar refractivity (Wildman–Crippen MR) is 94.4 cm³/mol. The summed E-state index contributed by atoms with van der Waals surface area (Å²) in [6.45, 7) is 6.89. The molecule has 0 atom stereocenters. The number of rotatable bonds is 3. The van der Waals surface area contributed by atoms with Crippen LogP contribution in [-0.2, 0) is 14.6 Å². The highest BCUT2D eigenvalue weighted by molar-refractivity contribution is 7.90. The molecule has 0 spiro atoms. The van der Waals surface area contributed by atoms with E-state index in [1.54, 1.807) is 18.0 Å². The Morgan fingerprint density at radius 2 is 1.92 bits per heavy atom. The van der Waals surface area contributed by atoms with Gasteiger partial charge in [-0.2, -0.15) is 0 Å². The summed E-state index contributed by atoms with van der Waals surface area (Å²) in [5, 5.41) is -0.169. The van der Waals surface area contributed by atoms with E-state index >= 15 is 0 Å². The number of aromatic nitrogens is 2. The average molecular weight is 370 g/mol. The summed E-state index contributed by atoms with van der Waals surface area (Å²) in [4.78, 5) is 23.8. The molecular formula is C16H26N4O4S. The molecule has 8 nitrogen and oxygen atoms in total. The molecule has 1 aliphatic rings. The lowest BCUT2D eigenvalue weighted by atomic mass is 10.0. The molecule has 140 valence electrons. The van der Waals surface area contributed by atoms with Crippen LogP contribution >= 0.6 is 0 Å². The fraction of sp³-hybridized carbons (Fsp3) is 0.688. The number of nitrogens with zero attached hydrogens (tertiary/aromatic N) is 4. The van der Waals surface area contributed by atoms with Crippen molar-refractivity contribution in [3.63, 3.8) is 0 Å². The first-order valence-corrected chi connectivity index (χ1v) is 10.1. The fourth-order valence-corrected chi connectivity index (χ4v) is 3.16. The number of anilines is 1. The van der Waals surface area contributed by atoms with Crippen LogP contribution in [0.1, 0.15) is 33.6 Å². The molecule has 1 saturated heterocycles. The molecule has 0 aliphatic carbocycles. The first kappa shape index (κ1) is 19.4. The Bertz CT molecular complexity index is 722. The normalized spacial score (nSPS) is 16.6. The average Bonchev–Trinajstić information content (AvgIpc) is 2.52. The molecule has 0 N–H and O–H groups in total. The van der Waals surface area contributed by atoms with Gasteiger partial charge in [0.2, 0.25) is 15.0 Å². The highest BCUT2D eigenvalue weighted by Gasteiger charge is 2.29. The van der Waals surface area contributed by atoms with Crippen molar-refractivity contribution in [3.8, 4) is 0 Å². The van der Waals surface area contributed by atoms with E-state index in [0.29, 0.717) is 18.9 Å². The molecule has 2 rings (SSSR count). The fourth-order valence-electron chi connectivity index (χ4n) is 2.65. The first-order chi connectivity index (χ1) is 11.5. The molecule has 0 radical (unpaired) electrons. The molecular weight excluding hydrogens is 344 g/mol. The van der Waals surface area contributed by atoms with Gasteiger partial charge in [-0.3, -0.25) is 0 Å². The minimum atomic E-state index is -3.44. The molecule has 1 aromatic rings. The molecule has 1 aromatic heterocycles. The number of hydrogen-bond donors (Lipinski definition) is 0. The first-order valence-electron chi connectivity index (χ1n) is 8.21. The maximum Gasteiger partial charge on any atom is 0.410 e. The Balaban J connectivity index is 1.99. The smallest absolute Gasteiger partial charge is 0.410 e. The van der Waals surface area contributed by atoms with Gasteiger partial charge in [-0.1, -0.05) is 0 Å². The predicted octanol–water partition coefficient (Wildman–Crippen LogP) is 1.72. The van der Waals surface area contributed by atoms with E-state index < -0.39 is 15.4 Å². The Morgan fingerprint density at radius 1 is 1.32 bits per heavy atom. The second-order valence-corrected chi connectivity index (χ2v) is 9.19. The topological polar surface area (TPSA) is 92.7 Å². The maximum atomic E-state index is 12.2. The minimum Gasteiger partial charge on any atom is -0.444 e. The van der Waals surface area contributed by atoms with E-state index in [1.165, 1.54) is 6.20 Å². The van der Waals surface area contributed by atoms with Crippen LogP contribution < -0.4 is 4.90 Å². The molecule has 25 heavy (non-hydrogen) atoms. The third-order valence-electron chi connectivity index (χ3n) is 3.97. The summed E-state index contributed by atoms with van der Waals surface area (Å²) in [7, 11) is -1.68. The van der Waals surface area contributed by atoms with E-state index in [2.05, 4.69) is 9.97 Å². The summed E-state index contributed by atoms with van der Waals surface area (Å²) in [6, 6.07) is 1.79. The van der Waals surface area contributed by atoms with Crippen molar-refractivity contribution in [2.45, 2.75) is 50.4 Å². The maximum absolute atomic E-state index is 12.2. The number of piperidine rings is 1. The summed E-state index contributed by atoms with van der Waals surface area (Å²) in [5.74, 6) is 0.591. The quantitative estimate of drug-likeness (QED) is 0.748. The van der Waals surface area contributed by atoms with Crippen molar-refractivity contribution in [3.05, 3.63) is 12.3 Å². The van der Waals surface area contributed by atoms with Crippen LogP contribution in [0.4, 0.5) is 10.6 Å². The van der Waals surface area contributed by atoms with Crippen molar-refractivity contribution in [1.29, 1.82) is 0 Å². The minimum absolute atomic E-state index is 0.0855. The van der Waals surface area contributed by atoms with Gasteiger partial charge >= 0.3 is 6.09 Å². The van der Waals surface area contributed by atoms with E-state index in [9.17, 15) is 13.2 Å². The van der Waals surface area contributed by atoms with E-state index in [1.807, 2.05) is 25.7 Å². The van der Waals surface area contributed by atoms with Crippen LogP contribution in [0.3, 0.4) is 0 Å². The zero-order chi connectivity index (χ0) is 18.8. The molecule has 1 amide bonds. The molecule has 0 saturated carbocycles. The lowest BCUT2D eigenvalue weighted by Crippen LogP contribution is -2.47. The SMILES string of the molecule is CN(C(=O)OC(C)(C)C)C1CCN(c2ccnc(S(C)(=O)=O)n2)CC1. The monoisotopic (exact) mass is 370 g/mol. The van der Waals surface area contributed by atoms with Crippen LogP contribution in [0.25, 0.3) is 0 Å². The zero-order valence-corrected chi connectivity index (χ0v) is 16.2. The molecule has 0 aromatic carbocycles. The van der Waals surface area contributed by atoms with Crippen LogP contribution in [0.5, 0.6) is 0 Å². The number of carbonyl (C=O) groups is 1. The van der Waals surface area contributed by atoms with Crippen molar-refractivity contribution in [2.75, 3.05) is 31.3 Å². The van der Waals surface area contributed by atoms with Gasteiger partial charge in [0.1, 0.15) is 11.4 Å². The van der Waals surface area contributed by atoms with Crippen LogP contribution in [0.2, 0.25) is 0 Å². The Labute approximate surface area is 149 Å². The van der Waals surface area contributed by atoms with E-state index in [-0.39, 0.29) is 17.3 Å². The van der Waals surface area contributed by atoms with Gasteiger partial charge in [0.25, 0.3) is 0 Å². The molecule has 0 bridgehead atoms. The Hall–Kier alpha value is -1.90. The molecule has 1 aliphatic heterocycles. The Morgan fingerprint density at radius 3 is 2.44 bits per heavy atom. The third-order valence-corrected chi connectivity index (χ3v) is 4.83. The second kappa shape index (κ2) is 7.15. The lowest BCUT2D eigenvalue weighted by Gasteiger charge is -2.37. The summed E-state index contributed by atoms with van der Waals surface area (Å²) in [5.41, 5.74) is -0.519. The molecule has 1 fully saturated rings. The van der Waals surface area contributed by atoms with E-state index in [4.69, 9.17) is 4.74 Å². The summed E-state index contributed by atoms with van der Waals surface area (Å²) in [6.07, 6.45) is 3.74. The third kappa shape index (κ3) is 5.29. The Kier molecular flexibility index (Phi) is 5.55. The summed E-state index contributed by atoms with van der Waals surface area (Å²) >= 11 is 0.